The second-order valence-electron chi connectivity index (χ2n) is 6.05. The summed E-state index contributed by atoms with van der Waals surface area (Å²) in [4.78, 5) is 11.6. The third-order valence-corrected chi connectivity index (χ3v) is 6.14. The molecule has 1 aromatic carbocycles. The number of amides is 1. The van der Waals surface area contributed by atoms with Crippen LogP contribution in [0.2, 0.25) is 0 Å². The third kappa shape index (κ3) is 4.92. The van der Waals surface area contributed by atoms with Gasteiger partial charge in [-0.3, -0.25) is 4.79 Å². The van der Waals surface area contributed by atoms with E-state index in [1.54, 1.807) is 19.1 Å². The van der Waals surface area contributed by atoms with E-state index >= 15 is 0 Å². The van der Waals surface area contributed by atoms with Gasteiger partial charge in [0.1, 0.15) is 0 Å². The minimum absolute atomic E-state index is 0. The summed E-state index contributed by atoms with van der Waals surface area (Å²) in [5.41, 5.74) is 6.53. The minimum atomic E-state index is -3.51. The van der Waals surface area contributed by atoms with Gasteiger partial charge in [0.2, 0.25) is 15.9 Å². The first-order chi connectivity index (χ1) is 10.8. The smallest absolute Gasteiger partial charge is 0.243 e. The molecule has 3 N–H and O–H groups in total. The van der Waals surface area contributed by atoms with Crippen LogP contribution >= 0.6 is 12.4 Å². The van der Waals surface area contributed by atoms with E-state index in [0.717, 1.165) is 12.8 Å². The van der Waals surface area contributed by atoms with Crippen molar-refractivity contribution >= 4 is 34.0 Å². The van der Waals surface area contributed by atoms with E-state index in [2.05, 4.69) is 5.32 Å². The zero-order valence-electron chi connectivity index (χ0n) is 14.1. The summed E-state index contributed by atoms with van der Waals surface area (Å²) in [5.74, 6) is 0.0954. The molecular weight excluding hydrogens is 350 g/mol. The molecule has 1 fully saturated rings. The topological polar surface area (TPSA) is 92.5 Å². The van der Waals surface area contributed by atoms with Gasteiger partial charge in [-0.25, -0.2) is 8.42 Å². The van der Waals surface area contributed by atoms with Crippen molar-refractivity contribution in [1.29, 1.82) is 0 Å². The molecule has 1 amide bonds. The van der Waals surface area contributed by atoms with Crippen molar-refractivity contribution in [3.05, 3.63) is 24.3 Å². The molecule has 1 aromatic rings. The molecule has 0 aromatic heterocycles. The van der Waals surface area contributed by atoms with Crippen molar-refractivity contribution in [3.8, 4) is 0 Å². The van der Waals surface area contributed by atoms with Crippen LogP contribution in [0.3, 0.4) is 0 Å². The van der Waals surface area contributed by atoms with Gasteiger partial charge in [0.25, 0.3) is 0 Å². The first-order valence-electron chi connectivity index (χ1n) is 8.00. The number of halogens is 1. The van der Waals surface area contributed by atoms with Crippen molar-refractivity contribution in [2.75, 3.05) is 18.4 Å². The SMILES string of the molecule is CCC(=O)Nc1ccc(S(=O)(=O)N2CCCC(C(C)N)C2)cc1.Cl. The number of piperidine rings is 1. The molecule has 2 rings (SSSR count). The molecule has 0 bridgehead atoms. The number of rotatable bonds is 5. The molecule has 1 aliphatic heterocycles. The second kappa shape index (κ2) is 8.80. The lowest BCUT2D eigenvalue weighted by Gasteiger charge is -2.33. The minimum Gasteiger partial charge on any atom is -0.328 e. The average Bonchev–Trinajstić information content (AvgIpc) is 2.55. The lowest BCUT2D eigenvalue weighted by Crippen LogP contribution is -2.44. The number of nitrogens with one attached hydrogen (secondary N) is 1. The molecule has 0 radical (unpaired) electrons. The van der Waals surface area contributed by atoms with E-state index in [9.17, 15) is 13.2 Å². The van der Waals surface area contributed by atoms with Crippen molar-refractivity contribution in [3.63, 3.8) is 0 Å². The van der Waals surface area contributed by atoms with Crippen LogP contribution in [-0.4, -0.2) is 37.8 Å². The van der Waals surface area contributed by atoms with Crippen LogP contribution in [-0.2, 0) is 14.8 Å². The fourth-order valence-electron chi connectivity index (χ4n) is 2.73. The Bertz CT molecular complexity index is 647. The van der Waals surface area contributed by atoms with Gasteiger partial charge in [0, 0.05) is 31.2 Å². The standard InChI is InChI=1S/C16H25N3O3S.ClH/c1-3-16(20)18-14-6-8-15(9-7-14)23(21,22)19-10-4-5-13(11-19)12(2)17;/h6-9,12-13H,3-5,10-11,17H2,1-2H3,(H,18,20);1H. The molecule has 0 aliphatic carbocycles. The number of hydrogen-bond donors (Lipinski definition) is 2. The Balaban J connectivity index is 0.00000288. The number of hydrogen-bond acceptors (Lipinski definition) is 4. The second-order valence-corrected chi connectivity index (χ2v) is 7.99. The number of carbonyl (C=O) groups is 1. The van der Waals surface area contributed by atoms with Crippen molar-refractivity contribution in [1.82, 2.24) is 4.31 Å². The zero-order chi connectivity index (χ0) is 17.0. The molecule has 1 heterocycles. The predicted molar refractivity (Wildman–Crippen MR) is 97.7 cm³/mol. The maximum Gasteiger partial charge on any atom is 0.243 e. The number of sulfonamides is 1. The fourth-order valence-corrected chi connectivity index (χ4v) is 4.27. The zero-order valence-corrected chi connectivity index (χ0v) is 15.7. The molecule has 0 saturated carbocycles. The molecule has 136 valence electrons. The molecule has 0 spiro atoms. The molecule has 1 saturated heterocycles. The van der Waals surface area contributed by atoms with Crippen LogP contribution in [0.15, 0.2) is 29.2 Å². The Labute approximate surface area is 150 Å². The van der Waals surface area contributed by atoms with Crippen LogP contribution < -0.4 is 11.1 Å². The van der Waals surface area contributed by atoms with Crippen molar-refractivity contribution in [2.24, 2.45) is 11.7 Å². The summed E-state index contributed by atoms with van der Waals surface area (Å²) < 4.78 is 27.0. The maximum absolute atomic E-state index is 12.7. The summed E-state index contributed by atoms with van der Waals surface area (Å²) >= 11 is 0. The van der Waals surface area contributed by atoms with E-state index in [0.29, 0.717) is 25.2 Å². The van der Waals surface area contributed by atoms with E-state index in [4.69, 9.17) is 5.73 Å². The number of nitrogens with two attached hydrogens (primary N) is 1. The normalized spacial score (nSPS) is 20.0. The predicted octanol–water partition coefficient (Wildman–Crippen LogP) is 2.20. The van der Waals surface area contributed by atoms with Gasteiger partial charge in [-0.2, -0.15) is 4.31 Å². The quantitative estimate of drug-likeness (QED) is 0.825. The number of nitrogens with zero attached hydrogens (tertiary/aromatic N) is 1. The Hall–Kier alpha value is -1.15. The van der Waals surface area contributed by atoms with Crippen LogP contribution in [0.4, 0.5) is 5.69 Å². The van der Waals surface area contributed by atoms with Gasteiger partial charge in [-0.15, -0.1) is 12.4 Å². The fraction of sp³-hybridized carbons (Fsp3) is 0.562. The summed E-state index contributed by atoms with van der Waals surface area (Å²) in [5, 5.41) is 2.71. The van der Waals surface area contributed by atoms with Crippen LogP contribution in [0.25, 0.3) is 0 Å². The summed E-state index contributed by atoms with van der Waals surface area (Å²) in [6.45, 7) is 4.68. The molecule has 8 heteroatoms. The van der Waals surface area contributed by atoms with Crippen LogP contribution in [0.1, 0.15) is 33.1 Å². The Kier molecular flexibility index (Phi) is 7.66. The van der Waals surface area contributed by atoms with Gasteiger partial charge in [0.05, 0.1) is 4.90 Å². The number of carbonyl (C=O) groups excluding carboxylic acids is 1. The van der Waals surface area contributed by atoms with E-state index < -0.39 is 10.0 Å². The maximum atomic E-state index is 12.7. The monoisotopic (exact) mass is 375 g/mol. The van der Waals surface area contributed by atoms with Gasteiger partial charge < -0.3 is 11.1 Å². The molecule has 2 unspecified atom stereocenters. The first kappa shape index (κ1) is 20.9. The highest BCUT2D eigenvalue weighted by molar-refractivity contribution is 7.89. The number of benzene rings is 1. The Morgan fingerprint density at radius 2 is 2.00 bits per heavy atom. The Morgan fingerprint density at radius 3 is 2.54 bits per heavy atom. The lowest BCUT2D eigenvalue weighted by molar-refractivity contribution is -0.115. The number of anilines is 1. The van der Waals surface area contributed by atoms with Crippen molar-refractivity contribution in [2.45, 2.75) is 44.0 Å². The molecule has 24 heavy (non-hydrogen) atoms. The van der Waals surface area contributed by atoms with Gasteiger partial charge in [-0.1, -0.05) is 6.92 Å². The van der Waals surface area contributed by atoms with Crippen molar-refractivity contribution < 1.29 is 13.2 Å². The summed E-state index contributed by atoms with van der Waals surface area (Å²) in [6.07, 6.45) is 2.17. The molecule has 6 nitrogen and oxygen atoms in total. The van der Waals surface area contributed by atoms with Crippen LogP contribution in [0.5, 0.6) is 0 Å². The average molecular weight is 376 g/mol. The highest BCUT2D eigenvalue weighted by Crippen LogP contribution is 2.25. The molecular formula is C16H26ClN3O3S. The van der Waals surface area contributed by atoms with Gasteiger partial charge in [-0.05, 0) is 49.9 Å². The molecule has 1 aliphatic rings. The summed E-state index contributed by atoms with van der Waals surface area (Å²) in [7, 11) is -3.51. The van der Waals surface area contributed by atoms with Gasteiger partial charge in [0.15, 0.2) is 0 Å². The van der Waals surface area contributed by atoms with E-state index in [1.807, 2.05) is 6.92 Å². The lowest BCUT2D eigenvalue weighted by atomic mass is 9.93. The summed E-state index contributed by atoms with van der Waals surface area (Å²) in [6, 6.07) is 6.30. The highest BCUT2D eigenvalue weighted by Gasteiger charge is 2.31. The Morgan fingerprint density at radius 1 is 1.38 bits per heavy atom. The van der Waals surface area contributed by atoms with Crippen LogP contribution in [0, 0.1) is 5.92 Å². The molecule has 2 atom stereocenters. The largest absolute Gasteiger partial charge is 0.328 e. The highest BCUT2D eigenvalue weighted by atomic mass is 35.5. The van der Waals surface area contributed by atoms with E-state index in [-0.39, 0.29) is 35.2 Å². The van der Waals surface area contributed by atoms with Gasteiger partial charge >= 0.3 is 0 Å². The first-order valence-corrected chi connectivity index (χ1v) is 9.44. The third-order valence-electron chi connectivity index (χ3n) is 4.26. The van der Waals surface area contributed by atoms with E-state index in [1.165, 1.54) is 16.4 Å².